The van der Waals surface area contributed by atoms with E-state index in [0.717, 1.165) is 24.9 Å². The van der Waals surface area contributed by atoms with Gasteiger partial charge in [0.15, 0.2) is 0 Å². The number of hydrogen-bond donors (Lipinski definition) is 2. The number of hydrogen-bond acceptors (Lipinski definition) is 2. The molecule has 1 aromatic carbocycles. The number of rotatable bonds is 3. The Morgan fingerprint density at radius 2 is 1.95 bits per heavy atom. The monoisotopic (exact) mass is 298 g/mol. The third kappa shape index (κ3) is 2.88. The predicted octanol–water partition coefficient (Wildman–Crippen LogP) is 2.73. The lowest BCUT2D eigenvalue weighted by Gasteiger charge is -2.32. The van der Waals surface area contributed by atoms with Gasteiger partial charge in [-0.1, -0.05) is 12.1 Å². The summed E-state index contributed by atoms with van der Waals surface area (Å²) in [5, 5.41) is 8.95. The number of piperidine rings is 1. The number of aromatic nitrogens is 1. The zero-order chi connectivity index (χ0) is 15.5. The van der Waals surface area contributed by atoms with Gasteiger partial charge in [0.2, 0.25) is 0 Å². The first kappa shape index (κ1) is 14.4. The molecule has 0 aliphatic carbocycles. The highest BCUT2D eigenvalue weighted by Crippen LogP contribution is 2.27. The van der Waals surface area contributed by atoms with Gasteiger partial charge in [0.05, 0.1) is 5.56 Å². The molecule has 1 fully saturated rings. The molecular formula is C17H18N2O3. The zero-order valence-corrected chi connectivity index (χ0v) is 12.2. The molecule has 1 aromatic heterocycles. The third-order valence-electron chi connectivity index (χ3n) is 4.17. The molecule has 22 heavy (non-hydrogen) atoms. The molecule has 1 amide bonds. The highest BCUT2D eigenvalue weighted by molar-refractivity contribution is 5.92. The van der Waals surface area contributed by atoms with Gasteiger partial charge in [0.1, 0.15) is 5.69 Å². The van der Waals surface area contributed by atoms with Crippen LogP contribution in [0, 0.1) is 0 Å². The van der Waals surface area contributed by atoms with E-state index in [9.17, 15) is 9.59 Å². The van der Waals surface area contributed by atoms with Crippen LogP contribution in [0.4, 0.5) is 0 Å². The van der Waals surface area contributed by atoms with Gasteiger partial charge >= 0.3 is 5.97 Å². The average Bonchev–Trinajstić information content (AvgIpc) is 3.09. The van der Waals surface area contributed by atoms with Crippen molar-refractivity contribution in [3.63, 3.8) is 0 Å². The topological polar surface area (TPSA) is 73.4 Å². The highest BCUT2D eigenvalue weighted by Gasteiger charge is 2.25. The van der Waals surface area contributed by atoms with Crippen molar-refractivity contribution < 1.29 is 14.7 Å². The molecule has 2 heterocycles. The minimum absolute atomic E-state index is 0.0249. The van der Waals surface area contributed by atoms with Crippen LogP contribution in [0.15, 0.2) is 42.6 Å². The lowest BCUT2D eigenvalue weighted by Crippen LogP contribution is -2.39. The fourth-order valence-electron chi connectivity index (χ4n) is 2.97. The molecule has 2 aromatic rings. The maximum Gasteiger partial charge on any atom is 0.335 e. The van der Waals surface area contributed by atoms with Crippen LogP contribution >= 0.6 is 0 Å². The smallest absolute Gasteiger partial charge is 0.335 e. The zero-order valence-electron chi connectivity index (χ0n) is 12.2. The first-order valence-corrected chi connectivity index (χ1v) is 7.41. The quantitative estimate of drug-likeness (QED) is 0.915. The number of benzene rings is 1. The summed E-state index contributed by atoms with van der Waals surface area (Å²) >= 11 is 0. The number of nitrogens with zero attached hydrogens (tertiary/aromatic N) is 1. The molecule has 114 valence electrons. The van der Waals surface area contributed by atoms with E-state index in [1.807, 2.05) is 23.1 Å². The van der Waals surface area contributed by atoms with Crippen LogP contribution in [0.1, 0.15) is 45.2 Å². The van der Waals surface area contributed by atoms with Crippen molar-refractivity contribution in [1.29, 1.82) is 0 Å². The van der Waals surface area contributed by atoms with Gasteiger partial charge in [-0.2, -0.15) is 0 Å². The molecule has 0 spiro atoms. The second-order valence-electron chi connectivity index (χ2n) is 5.60. The molecule has 1 saturated heterocycles. The summed E-state index contributed by atoms with van der Waals surface area (Å²) in [6.07, 6.45) is 3.72. The van der Waals surface area contributed by atoms with Gasteiger partial charge in [0, 0.05) is 25.2 Å². The number of carboxylic acids is 1. The molecule has 1 aliphatic rings. The van der Waals surface area contributed by atoms with Crippen LogP contribution in [0.3, 0.4) is 0 Å². The van der Waals surface area contributed by atoms with E-state index < -0.39 is 5.97 Å². The summed E-state index contributed by atoms with van der Waals surface area (Å²) in [5.74, 6) is -0.633. The molecular weight excluding hydrogens is 280 g/mol. The largest absolute Gasteiger partial charge is 0.478 e. The van der Waals surface area contributed by atoms with Crippen molar-refractivity contribution in [2.45, 2.75) is 18.8 Å². The van der Waals surface area contributed by atoms with Crippen molar-refractivity contribution >= 4 is 11.9 Å². The minimum atomic E-state index is -0.918. The van der Waals surface area contributed by atoms with E-state index in [2.05, 4.69) is 4.98 Å². The van der Waals surface area contributed by atoms with E-state index in [0.29, 0.717) is 17.8 Å². The minimum Gasteiger partial charge on any atom is -0.478 e. The molecule has 2 N–H and O–H groups in total. The van der Waals surface area contributed by atoms with Gasteiger partial charge in [0.25, 0.3) is 5.91 Å². The molecule has 0 unspecified atom stereocenters. The summed E-state index contributed by atoms with van der Waals surface area (Å²) in [4.78, 5) is 28.1. The van der Waals surface area contributed by atoms with E-state index in [1.54, 1.807) is 24.4 Å². The molecule has 1 atom stereocenters. The van der Waals surface area contributed by atoms with Crippen molar-refractivity contribution in [2.24, 2.45) is 0 Å². The molecule has 5 nitrogen and oxygen atoms in total. The van der Waals surface area contributed by atoms with Crippen LogP contribution in [0.5, 0.6) is 0 Å². The number of nitrogens with one attached hydrogen (secondary N) is 1. The number of H-pyrrole nitrogens is 1. The maximum absolute atomic E-state index is 12.4. The van der Waals surface area contributed by atoms with Crippen LogP contribution in [0.25, 0.3) is 0 Å². The number of aromatic carboxylic acids is 1. The Bertz CT molecular complexity index is 662. The number of likely N-dealkylation sites (tertiary alicyclic amines) is 1. The van der Waals surface area contributed by atoms with Crippen molar-refractivity contribution in [3.05, 3.63) is 59.4 Å². The second-order valence-corrected chi connectivity index (χ2v) is 5.60. The summed E-state index contributed by atoms with van der Waals surface area (Å²) in [6.45, 7) is 1.44. The average molecular weight is 298 g/mol. The molecule has 5 heteroatoms. The number of aromatic amines is 1. The highest BCUT2D eigenvalue weighted by atomic mass is 16.4. The number of carboxylic acid groups (broad SMARTS) is 1. The Hall–Kier alpha value is -2.56. The van der Waals surface area contributed by atoms with E-state index in [4.69, 9.17) is 5.11 Å². The fraction of sp³-hybridized carbons (Fsp3) is 0.294. The van der Waals surface area contributed by atoms with Crippen molar-refractivity contribution in [2.75, 3.05) is 13.1 Å². The van der Waals surface area contributed by atoms with Crippen LogP contribution in [0.2, 0.25) is 0 Å². The Kier molecular flexibility index (Phi) is 3.96. The van der Waals surface area contributed by atoms with Crippen molar-refractivity contribution in [1.82, 2.24) is 9.88 Å². The van der Waals surface area contributed by atoms with E-state index in [1.165, 1.54) is 0 Å². The van der Waals surface area contributed by atoms with Gasteiger partial charge in [-0.3, -0.25) is 4.79 Å². The molecule has 0 bridgehead atoms. The number of carbonyl (C=O) groups excluding carboxylic acids is 1. The first-order chi connectivity index (χ1) is 10.6. The van der Waals surface area contributed by atoms with Crippen molar-refractivity contribution in [3.8, 4) is 0 Å². The molecule has 3 rings (SSSR count). The Morgan fingerprint density at radius 3 is 2.59 bits per heavy atom. The van der Waals surface area contributed by atoms with E-state index >= 15 is 0 Å². The number of carbonyl (C=O) groups is 2. The second kappa shape index (κ2) is 6.05. The van der Waals surface area contributed by atoms with Gasteiger partial charge in [-0.25, -0.2) is 4.79 Å². The van der Waals surface area contributed by atoms with Crippen LogP contribution in [-0.4, -0.2) is 40.0 Å². The van der Waals surface area contributed by atoms with Gasteiger partial charge in [-0.05, 0) is 42.7 Å². The fourth-order valence-corrected chi connectivity index (χ4v) is 2.97. The van der Waals surface area contributed by atoms with Crippen LogP contribution in [-0.2, 0) is 0 Å². The normalized spacial score (nSPS) is 18.2. The molecule has 1 aliphatic heterocycles. The number of amides is 1. The summed E-state index contributed by atoms with van der Waals surface area (Å²) in [7, 11) is 0. The predicted molar refractivity (Wildman–Crippen MR) is 82.1 cm³/mol. The SMILES string of the molecule is O=C(O)c1ccc([C@@H]2CCCN(C(=O)c3ccc[nH]3)C2)cc1. The lowest BCUT2D eigenvalue weighted by molar-refractivity contribution is 0.0692. The standard InChI is InChI=1S/C17H18N2O3/c20-16(15-4-1-9-18-15)19-10-2-3-14(11-19)12-5-7-13(8-6-12)17(21)22/h1,4-9,14,18H,2-3,10-11H2,(H,21,22)/t14-/m1/s1. The van der Waals surface area contributed by atoms with Gasteiger partial charge < -0.3 is 15.0 Å². The van der Waals surface area contributed by atoms with E-state index in [-0.39, 0.29) is 11.8 Å². The molecule has 0 radical (unpaired) electrons. The lowest BCUT2D eigenvalue weighted by atomic mass is 9.90. The van der Waals surface area contributed by atoms with Crippen LogP contribution < -0.4 is 0 Å². The maximum atomic E-state index is 12.4. The Morgan fingerprint density at radius 1 is 1.18 bits per heavy atom. The first-order valence-electron chi connectivity index (χ1n) is 7.41. The summed E-state index contributed by atoms with van der Waals surface area (Å²) in [6, 6.07) is 10.6. The summed E-state index contributed by atoms with van der Waals surface area (Å²) in [5.41, 5.74) is 2.00. The van der Waals surface area contributed by atoms with Gasteiger partial charge in [-0.15, -0.1) is 0 Å². The summed E-state index contributed by atoms with van der Waals surface area (Å²) < 4.78 is 0. The molecule has 0 saturated carbocycles. The Balaban J connectivity index is 1.72. The Labute approximate surface area is 128 Å². The third-order valence-corrected chi connectivity index (χ3v) is 4.17.